The molecule has 0 amide bonds. The van der Waals surface area contributed by atoms with Gasteiger partial charge in [-0.05, 0) is 30.9 Å². The number of carbonyl (C=O) groups excluding carboxylic acids is 1. The van der Waals surface area contributed by atoms with Crippen LogP contribution in [0.2, 0.25) is 10.0 Å². The number of ketones is 1. The summed E-state index contributed by atoms with van der Waals surface area (Å²) < 4.78 is 0. The zero-order valence-corrected chi connectivity index (χ0v) is 20.0. The predicted octanol–water partition coefficient (Wildman–Crippen LogP) is 5.23. The van der Waals surface area contributed by atoms with Crippen molar-refractivity contribution >= 4 is 63.2 Å². The summed E-state index contributed by atoms with van der Waals surface area (Å²) in [7, 11) is 0. The number of carbonyl (C=O) groups is 1. The zero-order valence-electron chi connectivity index (χ0n) is 16.9. The molecule has 1 heterocycles. The SMILES string of the molecule is CC(CO)CSN.Nc1nc(NC2CCCCC2)sc1C(=O)c1c(Cl)cccc1Cl. The molecule has 0 saturated heterocycles. The van der Waals surface area contributed by atoms with E-state index >= 15 is 0 Å². The summed E-state index contributed by atoms with van der Waals surface area (Å²) in [6.45, 7) is 2.20. The first-order chi connectivity index (χ1) is 14.4. The number of nitrogens with one attached hydrogen (secondary N) is 1. The Morgan fingerprint density at radius 2 is 1.97 bits per heavy atom. The van der Waals surface area contributed by atoms with E-state index in [4.69, 9.17) is 39.2 Å². The molecule has 0 aliphatic heterocycles. The number of aliphatic hydroxyl groups is 1. The molecule has 1 atom stereocenters. The fourth-order valence-corrected chi connectivity index (χ4v) is 4.93. The summed E-state index contributed by atoms with van der Waals surface area (Å²) in [6, 6.07) is 5.38. The number of aliphatic hydroxyl groups excluding tert-OH is 1. The zero-order chi connectivity index (χ0) is 22.1. The van der Waals surface area contributed by atoms with Crippen molar-refractivity contribution in [2.75, 3.05) is 23.4 Å². The van der Waals surface area contributed by atoms with Gasteiger partial charge in [-0.15, -0.1) is 0 Å². The maximum absolute atomic E-state index is 12.7. The molecule has 166 valence electrons. The average Bonchev–Trinajstić information content (AvgIpc) is 3.09. The van der Waals surface area contributed by atoms with E-state index in [1.165, 1.54) is 42.5 Å². The lowest BCUT2D eigenvalue weighted by Crippen LogP contribution is -2.22. The second kappa shape index (κ2) is 12.7. The van der Waals surface area contributed by atoms with Gasteiger partial charge < -0.3 is 16.2 Å². The molecule has 6 nitrogen and oxygen atoms in total. The molecule has 1 unspecified atom stereocenters. The largest absolute Gasteiger partial charge is 0.396 e. The van der Waals surface area contributed by atoms with Crippen LogP contribution in [0.4, 0.5) is 10.9 Å². The Morgan fingerprint density at radius 3 is 2.50 bits per heavy atom. The van der Waals surface area contributed by atoms with Gasteiger partial charge >= 0.3 is 0 Å². The van der Waals surface area contributed by atoms with Crippen molar-refractivity contribution in [2.24, 2.45) is 11.1 Å². The van der Waals surface area contributed by atoms with Crippen LogP contribution in [0.3, 0.4) is 0 Å². The molecule has 1 aliphatic rings. The normalized spacial score (nSPS) is 15.2. The molecule has 2 aromatic rings. The summed E-state index contributed by atoms with van der Waals surface area (Å²) in [5, 5.41) is 18.2. The topological polar surface area (TPSA) is 114 Å². The lowest BCUT2D eigenvalue weighted by Gasteiger charge is -2.22. The van der Waals surface area contributed by atoms with Crippen LogP contribution in [0.1, 0.15) is 54.3 Å². The Morgan fingerprint density at radius 1 is 1.33 bits per heavy atom. The average molecular weight is 492 g/mol. The highest BCUT2D eigenvalue weighted by Gasteiger charge is 2.23. The molecule has 1 aliphatic carbocycles. The highest BCUT2D eigenvalue weighted by atomic mass is 35.5. The van der Waals surface area contributed by atoms with E-state index in [0.29, 0.717) is 32.0 Å². The first-order valence-electron chi connectivity index (χ1n) is 9.81. The molecule has 0 spiro atoms. The van der Waals surface area contributed by atoms with Gasteiger partial charge in [-0.2, -0.15) is 0 Å². The number of anilines is 2. The fourth-order valence-electron chi connectivity index (χ4n) is 3.02. The molecule has 1 aromatic heterocycles. The van der Waals surface area contributed by atoms with Gasteiger partial charge in [0.2, 0.25) is 5.78 Å². The van der Waals surface area contributed by atoms with Gasteiger partial charge in [-0.1, -0.05) is 78.7 Å². The molecule has 10 heteroatoms. The first kappa shape index (κ1) is 25.2. The first-order valence-corrected chi connectivity index (χ1v) is 12.4. The van der Waals surface area contributed by atoms with Crippen molar-refractivity contribution in [1.29, 1.82) is 0 Å². The van der Waals surface area contributed by atoms with Crippen molar-refractivity contribution < 1.29 is 9.90 Å². The minimum Gasteiger partial charge on any atom is -0.396 e. The van der Waals surface area contributed by atoms with Crippen LogP contribution in [0.25, 0.3) is 0 Å². The molecule has 0 radical (unpaired) electrons. The molecule has 6 N–H and O–H groups in total. The molecule has 3 rings (SSSR count). The van der Waals surface area contributed by atoms with E-state index in [-0.39, 0.29) is 23.8 Å². The maximum Gasteiger partial charge on any atom is 0.209 e. The number of benzene rings is 1. The van der Waals surface area contributed by atoms with Crippen molar-refractivity contribution in [3.05, 3.63) is 38.7 Å². The van der Waals surface area contributed by atoms with Crippen LogP contribution in [0.15, 0.2) is 18.2 Å². The number of hydrogen-bond donors (Lipinski definition) is 4. The third kappa shape index (κ3) is 7.28. The third-order valence-electron chi connectivity index (χ3n) is 4.67. The van der Waals surface area contributed by atoms with Crippen molar-refractivity contribution in [3.8, 4) is 0 Å². The number of aromatic nitrogens is 1. The van der Waals surface area contributed by atoms with E-state index in [0.717, 1.165) is 18.6 Å². The Bertz CT molecular complexity index is 809. The number of halogens is 2. The fraction of sp³-hybridized carbons (Fsp3) is 0.500. The van der Waals surface area contributed by atoms with Gasteiger partial charge in [0.1, 0.15) is 10.7 Å². The highest BCUT2D eigenvalue weighted by Crippen LogP contribution is 2.33. The van der Waals surface area contributed by atoms with E-state index in [1.54, 1.807) is 18.2 Å². The Hall–Kier alpha value is -1.03. The lowest BCUT2D eigenvalue weighted by atomic mass is 9.96. The minimum absolute atomic E-state index is 0.217. The monoisotopic (exact) mass is 490 g/mol. The van der Waals surface area contributed by atoms with Crippen LogP contribution in [0.5, 0.6) is 0 Å². The number of nitrogens with two attached hydrogens (primary N) is 2. The van der Waals surface area contributed by atoms with E-state index in [9.17, 15) is 4.79 Å². The molecule has 1 fully saturated rings. The maximum atomic E-state index is 12.7. The van der Waals surface area contributed by atoms with Crippen molar-refractivity contribution in [3.63, 3.8) is 0 Å². The quantitative estimate of drug-likeness (QED) is 0.310. The number of thiazole rings is 1. The number of hydrogen-bond acceptors (Lipinski definition) is 8. The molecular formula is C20H28Cl2N4O2S2. The van der Waals surface area contributed by atoms with E-state index in [2.05, 4.69) is 10.3 Å². The summed E-state index contributed by atoms with van der Waals surface area (Å²) in [5.41, 5.74) is 6.21. The molecule has 1 saturated carbocycles. The van der Waals surface area contributed by atoms with E-state index < -0.39 is 0 Å². The van der Waals surface area contributed by atoms with Gasteiger partial charge in [0.15, 0.2) is 5.13 Å². The minimum atomic E-state index is -0.285. The predicted molar refractivity (Wildman–Crippen MR) is 130 cm³/mol. The van der Waals surface area contributed by atoms with Gasteiger partial charge in [-0.3, -0.25) is 9.93 Å². The lowest BCUT2D eigenvalue weighted by molar-refractivity contribution is 0.104. The van der Waals surface area contributed by atoms with E-state index in [1.807, 2.05) is 6.92 Å². The third-order valence-corrected chi connectivity index (χ3v) is 7.07. The number of nitrogens with zero attached hydrogens (tertiary/aromatic N) is 1. The molecule has 0 bridgehead atoms. The van der Waals surface area contributed by atoms with Crippen LogP contribution < -0.4 is 16.2 Å². The van der Waals surface area contributed by atoms with Crippen molar-refractivity contribution in [2.45, 2.75) is 45.1 Å². The number of nitrogen functional groups attached to an aromatic ring is 1. The summed E-state index contributed by atoms with van der Waals surface area (Å²) in [4.78, 5) is 17.4. The number of rotatable bonds is 7. The molecular weight excluding hydrogens is 463 g/mol. The Balaban J connectivity index is 0.000000396. The highest BCUT2D eigenvalue weighted by molar-refractivity contribution is 7.97. The van der Waals surface area contributed by atoms with Crippen LogP contribution in [-0.2, 0) is 0 Å². The second-order valence-electron chi connectivity index (χ2n) is 7.26. The standard InChI is InChI=1S/C16H17Cl2N3OS.C4H11NOS/c17-10-7-4-8-11(18)12(10)13(22)14-15(19)21-16(23-14)20-9-5-2-1-3-6-9;1-4(2-6)3-7-5/h4,7-9H,1-3,5-6,19H2,(H,20,21);4,6H,2-3,5H2,1H3. The van der Waals surface area contributed by atoms with Gasteiger partial charge in [-0.25, -0.2) is 4.98 Å². The van der Waals surface area contributed by atoms with Crippen LogP contribution in [0, 0.1) is 5.92 Å². The second-order valence-corrected chi connectivity index (χ2v) is 9.74. The molecule has 30 heavy (non-hydrogen) atoms. The van der Waals surface area contributed by atoms with Crippen molar-refractivity contribution in [1.82, 2.24) is 4.98 Å². The Kier molecular flexibility index (Phi) is 10.7. The van der Waals surface area contributed by atoms with Gasteiger partial charge in [0, 0.05) is 18.4 Å². The smallest absolute Gasteiger partial charge is 0.209 e. The van der Waals surface area contributed by atoms with Crippen LogP contribution in [-0.4, -0.2) is 34.3 Å². The summed E-state index contributed by atoms with van der Waals surface area (Å²) >= 11 is 14.8. The van der Waals surface area contributed by atoms with Gasteiger partial charge in [0.25, 0.3) is 0 Å². The molecule has 1 aromatic carbocycles. The Labute approximate surface area is 195 Å². The summed E-state index contributed by atoms with van der Waals surface area (Å²) in [5.74, 6) is 1.12. The summed E-state index contributed by atoms with van der Waals surface area (Å²) in [6.07, 6.45) is 5.98. The van der Waals surface area contributed by atoms with Gasteiger partial charge in [0.05, 0.1) is 15.6 Å². The van der Waals surface area contributed by atoms with Crippen LogP contribution >= 0.6 is 46.5 Å².